The van der Waals surface area contributed by atoms with Crippen molar-refractivity contribution in [1.82, 2.24) is 14.1 Å². The molecule has 3 heterocycles. The molecule has 4 rings (SSSR count). The molecule has 0 amide bonds. The highest BCUT2D eigenvalue weighted by molar-refractivity contribution is 7.20. The maximum absolute atomic E-state index is 11.3. The Morgan fingerprint density at radius 3 is 2.63 bits per heavy atom. The summed E-state index contributed by atoms with van der Waals surface area (Å²) < 4.78 is 5.24. The first-order valence-electron chi connectivity index (χ1n) is 8.98. The topological polar surface area (TPSA) is 60.0 Å². The monoisotopic (exact) mass is 379 g/mol. The number of fused-ring (bicyclic) bond motifs is 1. The van der Waals surface area contributed by atoms with Crippen molar-refractivity contribution in [2.45, 2.75) is 26.8 Å². The Hall–Kier alpha value is -2.86. The third kappa shape index (κ3) is 3.40. The minimum absolute atomic E-state index is 0.389. The molecule has 0 fully saturated rings. The van der Waals surface area contributed by atoms with Crippen LogP contribution in [0.25, 0.3) is 27.2 Å². The minimum atomic E-state index is -0.863. The zero-order valence-corrected chi connectivity index (χ0v) is 16.1. The number of aromatic nitrogens is 3. The van der Waals surface area contributed by atoms with Crippen LogP contribution in [-0.4, -0.2) is 25.2 Å². The Bertz CT molecular complexity index is 1070. The molecule has 1 aromatic carbocycles. The van der Waals surface area contributed by atoms with E-state index in [2.05, 4.69) is 53.7 Å². The number of hydrogen-bond donors (Lipinski definition) is 1. The van der Waals surface area contributed by atoms with E-state index in [0.29, 0.717) is 10.8 Å². The maximum atomic E-state index is 11.3. The smallest absolute Gasteiger partial charge is 0.345 e. The standard InChI is InChI=1S/C21H21N3O2S/c1-14(2)7-9-24-17(11-19-18(24)12-20(27-19)21(25)26)15-3-5-16(6-4-15)23-10-8-22-13-23/h3-6,8,10-14H,7,9H2,1-2H3,(H,25,26). The highest BCUT2D eigenvalue weighted by Gasteiger charge is 2.17. The van der Waals surface area contributed by atoms with Crippen LogP contribution < -0.4 is 0 Å². The zero-order chi connectivity index (χ0) is 19.0. The van der Waals surface area contributed by atoms with Crippen LogP contribution in [0, 0.1) is 5.92 Å². The van der Waals surface area contributed by atoms with Gasteiger partial charge in [0.1, 0.15) is 4.88 Å². The van der Waals surface area contributed by atoms with Gasteiger partial charge in [0.05, 0.1) is 16.5 Å². The number of carboxylic acid groups (broad SMARTS) is 1. The fraction of sp³-hybridized carbons (Fsp3) is 0.238. The van der Waals surface area contributed by atoms with Crippen LogP contribution in [0.3, 0.4) is 0 Å². The number of nitrogens with zero attached hydrogens (tertiary/aromatic N) is 3. The Morgan fingerprint density at radius 1 is 1.22 bits per heavy atom. The van der Waals surface area contributed by atoms with Gasteiger partial charge >= 0.3 is 5.97 Å². The molecule has 0 saturated carbocycles. The third-order valence-electron chi connectivity index (χ3n) is 4.70. The summed E-state index contributed by atoms with van der Waals surface area (Å²) in [6, 6.07) is 12.3. The third-order valence-corrected chi connectivity index (χ3v) is 5.76. The molecule has 0 aliphatic carbocycles. The first-order valence-corrected chi connectivity index (χ1v) is 9.79. The summed E-state index contributed by atoms with van der Waals surface area (Å²) in [7, 11) is 0. The lowest BCUT2D eigenvalue weighted by Crippen LogP contribution is -2.03. The highest BCUT2D eigenvalue weighted by Crippen LogP contribution is 2.34. The van der Waals surface area contributed by atoms with E-state index in [1.54, 1.807) is 18.6 Å². The summed E-state index contributed by atoms with van der Waals surface area (Å²) in [5.74, 6) is -0.283. The molecule has 0 bridgehead atoms. The van der Waals surface area contributed by atoms with Gasteiger partial charge in [0, 0.05) is 30.3 Å². The lowest BCUT2D eigenvalue weighted by molar-refractivity contribution is 0.0702. The van der Waals surface area contributed by atoms with Crippen molar-refractivity contribution in [3.05, 3.63) is 60.0 Å². The Morgan fingerprint density at radius 2 is 2.00 bits per heavy atom. The van der Waals surface area contributed by atoms with E-state index in [9.17, 15) is 9.90 Å². The van der Waals surface area contributed by atoms with Gasteiger partial charge in [0.15, 0.2) is 0 Å². The lowest BCUT2D eigenvalue weighted by Gasteiger charge is -2.13. The van der Waals surface area contributed by atoms with Crippen LogP contribution >= 0.6 is 11.3 Å². The summed E-state index contributed by atoms with van der Waals surface area (Å²) in [5.41, 5.74) is 4.33. The van der Waals surface area contributed by atoms with Crippen molar-refractivity contribution in [2.24, 2.45) is 5.92 Å². The van der Waals surface area contributed by atoms with E-state index in [4.69, 9.17) is 0 Å². The van der Waals surface area contributed by atoms with Crippen LogP contribution in [0.5, 0.6) is 0 Å². The number of hydrogen-bond acceptors (Lipinski definition) is 3. The van der Waals surface area contributed by atoms with Crippen molar-refractivity contribution < 1.29 is 9.90 Å². The number of aromatic carboxylic acids is 1. The number of benzene rings is 1. The summed E-state index contributed by atoms with van der Waals surface area (Å²) >= 11 is 1.34. The molecule has 0 aliphatic rings. The molecular formula is C21H21N3O2S. The van der Waals surface area contributed by atoms with Gasteiger partial charge in [-0.05, 0) is 42.2 Å². The van der Waals surface area contributed by atoms with Gasteiger partial charge < -0.3 is 14.2 Å². The summed E-state index contributed by atoms with van der Waals surface area (Å²) in [6.45, 7) is 5.28. The average molecular weight is 379 g/mol. The van der Waals surface area contributed by atoms with E-state index in [1.165, 1.54) is 11.3 Å². The summed E-state index contributed by atoms with van der Waals surface area (Å²) in [4.78, 5) is 15.8. The molecule has 0 radical (unpaired) electrons. The Kier molecular flexibility index (Phi) is 4.58. The van der Waals surface area contributed by atoms with Crippen LogP contribution in [0.4, 0.5) is 0 Å². The van der Waals surface area contributed by atoms with Gasteiger partial charge in [-0.15, -0.1) is 11.3 Å². The molecular weight excluding hydrogens is 358 g/mol. The number of thiophene rings is 1. The maximum Gasteiger partial charge on any atom is 0.345 e. The van der Waals surface area contributed by atoms with Crippen molar-refractivity contribution in [1.29, 1.82) is 0 Å². The van der Waals surface area contributed by atoms with Gasteiger partial charge in [-0.1, -0.05) is 26.0 Å². The molecule has 138 valence electrons. The van der Waals surface area contributed by atoms with Crippen LogP contribution in [-0.2, 0) is 6.54 Å². The summed E-state index contributed by atoms with van der Waals surface area (Å²) in [5, 5.41) is 9.31. The van der Waals surface area contributed by atoms with Crippen molar-refractivity contribution in [3.8, 4) is 16.9 Å². The Labute approximate surface area is 161 Å². The number of carboxylic acids is 1. The lowest BCUT2D eigenvalue weighted by atomic mass is 10.1. The van der Waals surface area contributed by atoms with Crippen LogP contribution in [0.15, 0.2) is 55.1 Å². The summed E-state index contributed by atoms with van der Waals surface area (Å²) in [6.07, 6.45) is 6.51. The van der Waals surface area contributed by atoms with Gasteiger partial charge in [0.25, 0.3) is 0 Å². The molecule has 0 atom stereocenters. The first-order chi connectivity index (χ1) is 13.0. The predicted molar refractivity (Wildman–Crippen MR) is 109 cm³/mol. The van der Waals surface area contributed by atoms with Crippen molar-refractivity contribution in [2.75, 3.05) is 0 Å². The van der Waals surface area contributed by atoms with Crippen LogP contribution in [0.1, 0.15) is 29.9 Å². The largest absolute Gasteiger partial charge is 0.477 e. The molecule has 0 aliphatic heterocycles. The Balaban J connectivity index is 1.76. The number of imidazole rings is 1. The van der Waals surface area contributed by atoms with Gasteiger partial charge in [0.2, 0.25) is 0 Å². The number of aryl methyl sites for hydroxylation is 1. The zero-order valence-electron chi connectivity index (χ0n) is 15.3. The van der Waals surface area contributed by atoms with E-state index >= 15 is 0 Å². The van der Waals surface area contributed by atoms with Gasteiger partial charge in [-0.3, -0.25) is 0 Å². The fourth-order valence-corrected chi connectivity index (χ4v) is 4.17. The molecule has 5 nitrogen and oxygen atoms in total. The second kappa shape index (κ2) is 7.04. The van der Waals surface area contributed by atoms with E-state index in [0.717, 1.165) is 40.1 Å². The fourth-order valence-electron chi connectivity index (χ4n) is 3.23. The van der Waals surface area contributed by atoms with Crippen molar-refractivity contribution >= 4 is 27.5 Å². The second-order valence-electron chi connectivity index (χ2n) is 7.05. The highest BCUT2D eigenvalue weighted by atomic mass is 32.1. The predicted octanol–water partition coefficient (Wildman–Crippen LogP) is 5.30. The number of carbonyl (C=O) groups is 1. The SMILES string of the molecule is CC(C)CCn1c(-c2ccc(-n3ccnc3)cc2)cc2sc(C(=O)O)cc21. The quantitative estimate of drug-likeness (QED) is 0.494. The normalized spacial score (nSPS) is 11.5. The molecule has 27 heavy (non-hydrogen) atoms. The first kappa shape index (κ1) is 17.5. The number of rotatable bonds is 6. The molecule has 6 heteroatoms. The van der Waals surface area contributed by atoms with Gasteiger partial charge in [-0.25, -0.2) is 9.78 Å². The van der Waals surface area contributed by atoms with Gasteiger partial charge in [-0.2, -0.15) is 0 Å². The minimum Gasteiger partial charge on any atom is -0.477 e. The molecule has 0 saturated heterocycles. The molecule has 4 aromatic rings. The molecule has 3 aromatic heterocycles. The molecule has 1 N–H and O–H groups in total. The second-order valence-corrected chi connectivity index (χ2v) is 8.13. The average Bonchev–Trinajstić information content (AvgIpc) is 3.36. The van der Waals surface area contributed by atoms with E-state index in [-0.39, 0.29) is 0 Å². The van der Waals surface area contributed by atoms with E-state index < -0.39 is 5.97 Å². The molecule has 0 unspecified atom stereocenters. The van der Waals surface area contributed by atoms with Crippen molar-refractivity contribution in [3.63, 3.8) is 0 Å². The van der Waals surface area contributed by atoms with Crippen LogP contribution in [0.2, 0.25) is 0 Å². The molecule has 0 spiro atoms. The van der Waals surface area contributed by atoms with E-state index in [1.807, 2.05) is 10.8 Å².